The number of carbonyl (C=O) groups is 1. The topological polar surface area (TPSA) is 32.3 Å². The Hall–Kier alpha value is -2.26. The first kappa shape index (κ1) is 19.5. The van der Waals surface area contributed by atoms with Gasteiger partial charge >= 0.3 is 0 Å². The van der Waals surface area contributed by atoms with Crippen molar-refractivity contribution in [2.45, 2.75) is 39.0 Å². The molecule has 0 aromatic heterocycles. The van der Waals surface area contributed by atoms with Crippen LogP contribution in [0.5, 0.6) is 0 Å². The molecular weight excluding hydrogens is 356 g/mol. The highest BCUT2D eigenvalue weighted by Gasteiger charge is 2.18. The van der Waals surface area contributed by atoms with Crippen molar-refractivity contribution >= 4 is 35.0 Å². The molecule has 1 heterocycles. The Morgan fingerprint density at radius 3 is 2.44 bits per heavy atom. The third-order valence-electron chi connectivity index (χ3n) is 4.95. The predicted molar refractivity (Wildman–Crippen MR) is 116 cm³/mol. The Labute approximate surface area is 167 Å². The van der Waals surface area contributed by atoms with E-state index in [1.807, 2.05) is 36.4 Å². The molecule has 0 spiro atoms. The Morgan fingerprint density at radius 1 is 1.07 bits per heavy atom. The van der Waals surface area contributed by atoms with Gasteiger partial charge in [0.15, 0.2) is 0 Å². The van der Waals surface area contributed by atoms with Crippen LogP contribution in [0, 0.1) is 0 Å². The summed E-state index contributed by atoms with van der Waals surface area (Å²) in [6, 6.07) is 14.0. The average Bonchev–Trinajstić information content (AvgIpc) is 2.67. The summed E-state index contributed by atoms with van der Waals surface area (Å²) in [7, 11) is 0. The van der Waals surface area contributed by atoms with Gasteiger partial charge in [-0.25, -0.2) is 0 Å². The second-order valence-electron chi connectivity index (χ2n) is 7.33. The molecule has 1 N–H and O–H groups in total. The Bertz CT molecular complexity index is 806. The van der Waals surface area contributed by atoms with E-state index in [0.717, 1.165) is 42.9 Å². The minimum Gasteiger partial charge on any atom is -0.369 e. The van der Waals surface area contributed by atoms with E-state index in [1.54, 1.807) is 6.08 Å². The first-order valence-electron chi connectivity index (χ1n) is 9.67. The normalized spacial score (nSPS) is 14.7. The summed E-state index contributed by atoms with van der Waals surface area (Å²) < 4.78 is 0. The number of anilines is 2. The maximum atomic E-state index is 12.4. The van der Waals surface area contributed by atoms with Crippen molar-refractivity contribution in [1.82, 2.24) is 0 Å². The van der Waals surface area contributed by atoms with Crippen LogP contribution >= 0.6 is 11.6 Å². The van der Waals surface area contributed by atoms with Gasteiger partial charge in [-0.05, 0) is 54.5 Å². The molecule has 0 unspecified atom stereocenters. The van der Waals surface area contributed by atoms with E-state index in [9.17, 15) is 4.79 Å². The standard InChI is InChI=1S/C23H27ClN2O/c1-17(2)19-12-9-18(10-13-19)11-14-22(27)25-21-8-6-7-20(24)23(21)26-15-4-3-5-16-26/h6-14,17H,3-5,15-16H2,1-2H3,(H,25,27)/b14-11+. The van der Waals surface area contributed by atoms with E-state index in [0.29, 0.717) is 10.9 Å². The lowest BCUT2D eigenvalue weighted by molar-refractivity contribution is -0.111. The lowest BCUT2D eigenvalue weighted by Gasteiger charge is -2.31. The fourth-order valence-corrected chi connectivity index (χ4v) is 3.69. The van der Waals surface area contributed by atoms with Crippen molar-refractivity contribution in [2.24, 2.45) is 0 Å². The number of carbonyl (C=O) groups excluding carboxylic acids is 1. The Kier molecular flexibility index (Phi) is 6.57. The van der Waals surface area contributed by atoms with Crippen LogP contribution in [-0.4, -0.2) is 19.0 Å². The highest BCUT2D eigenvalue weighted by Crippen LogP contribution is 2.35. The molecule has 0 saturated carbocycles. The summed E-state index contributed by atoms with van der Waals surface area (Å²) in [6.07, 6.45) is 6.98. The average molecular weight is 383 g/mol. The monoisotopic (exact) mass is 382 g/mol. The van der Waals surface area contributed by atoms with Crippen molar-refractivity contribution < 1.29 is 4.79 Å². The van der Waals surface area contributed by atoms with Crippen LogP contribution in [0.2, 0.25) is 5.02 Å². The largest absolute Gasteiger partial charge is 0.369 e. The summed E-state index contributed by atoms with van der Waals surface area (Å²) in [5.41, 5.74) is 4.01. The van der Waals surface area contributed by atoms with E-state index in [-0.39, 0.29) is 5.91 Å². The number of hydrogen-bond donors (Lipinski definition) is 1. The van der Waals surface area contributed by atoms with Crippen LogP contribution in [-0.2, 0) is 4.79 Å². The molecule has 0 bridgehead atoms. The van der Waals surface area contributed by atoms with Crippen molar-refractivity contribution in [3.05, 3.63) is 64.7 Å². The van der Waals surface area contributed by atoms with Crippen LogP contribution in [0.3, 0.4) is 0 Å². The SMILES string of the molecule is CC(C)c1ccc(/C=C/C(=O)Nc2cccc(Cl)c2N2CCCCC2)cc1. The second kappa shape index (κ2) is 9.09. The van der Waals surface area contributed by atoms with E-state index in [2.05, 4.69) is 36.2 Å². The summed E-state index contributed by atoms with van der Waals surface area (Å²) in [4.78, 5) is 14.7. The first-order valence-corrected chi connectivity index (χ1v) is 10.0. The molecule has 0 radical (unpaired) electrons. The van der Waals surface area contributed by atoms with Gasteiger partial charge in [-0.1, -0.05) is 55.8 Å². The Morgan fingerprint density at radius 2 is 1.78 bits per heavy atom. The van der Waals surface area contributed by atoms with Gasteiger partial charge in [0.2, 0.25) is 5.91 Å². The van der Waals surface area contributed by atoms with Gasteiger partial charge in [0.1, 0.15) is 0 Å². The lowest BCUT2D eigenvalue weighted by Crippen LogP contribution is -2.30. The number of nitrogens with one attached hydrogen (secondary N) is 1. The fourth-order valence-electron chi connectivity index (χ4n) is 3.39. The maximum Gasteiger partial charge on any atom is 0.248 e. The third-order valence-corrected chi connectivity index (χ3v) is 5.25. The number of halogens is 1. The van der Waals surface area contributed by atoms with Crippen LogP contribution in [0.4, 0.5) is 11.4 Å². The minimum atomic E-state index is -0.150. The molecule has 1 saturated heterocycles. The number of amides is 1. The van der Waals surface area contributed by atoms with Gasteiger partial charge in [-0.2, -0.15) is 0 Å². The zero-order valence-electron chi connectivity index (χ0n) is 16.0. The summed E-state index contributed by atoms with van der Waals surface area (Å²) >= 11 is 6.45. The molecule has 2 aromatic carbocycles. The van der Waals surface area contributed by atoms with Crippen LogP contribution in [0.15, 0.2) is 48.5 Å². The zero-order chi connectivity index (χ0) is 19.2. The van der Waals surface area contributed by atoms with Crippen LogP contribution in [0.25, 0.3) is 6.08 Å². The molecule has 0 atom stereocenters. The first-order chi connectivity index (χ1) is 13.0. The molecule has 142 valence electrons. The molecule has 1 aliphatic rings. The summed E-state index contributed by atoms with van der Waals surface area (Å²) in [5, 5.41) is 3.68. The molecule has 27 heavy (non-hydrogen) atoms. The van der Waals surface area contributed by atoms with Gasteiger partial charge in [0.05, 0.1) is 16.4 Å². The highest BCUT2D eigenvalue weighted by atomic mass is 35.5. The van der Waals surface area contributed by atoms with E-state index >= 15 is 0 Å². The van der Waals surface area contributed by atoms with Crippen molar-refractivity contribution in [3.63, 3.8) is 0 Å². The van der Waals surface area contributed by atoms with Gasteiger partial charge in [0.25, 0.3) is 0 Å². The lowest BCUT2D eigenvalue weighted by atomic mass is 10.0. The smallest absolute Gasteiger partial charge is 0.248 e. The quantitative estimate of drug-likeness (QED) is 0.633. The number of piperidine rings is 1. The van der Waals surface area contributed by atoms with E-state index < -0.39 is 0 Å². The van der Waals surface area contributed by atoms with E-state index in [1.165, 1.54) is 12.0 Å². The number of hydrogen-bond acceptors (Lipinski definition) is 2. The van der Waals surface area contributed by atoms with Crippen molar-refractivity contribution in [3.8, 4) is 0 Å². The predicted octanol–water partition coefficient (Wildman–Crippen LogP) is 6.11. The number of rotatable bonds is 5. The second-order valence-corrected chi connectivity index (χ2v) is 7.73. The zero-order valence-corrected chi connectivity index (χ0v) is 16.8. The van der Waals surface area contributed by atoms with Crippen molar-refractivity contribution in [2.75, 3.05) is 23.3 Å². The molecule has 4 heteroatoms. The molecule has 3 nitrogen and oxygen atoms in total. The Balaban J connectivity index is 1.71. The fraction of sp³-hybridized carbons (Fsp3) is 0.348. The maximum absolute atomic E-state index is 12.4. The molecule has 1 fully saturated rings. The summed E-state index contributed by atoms with van der Waals surface area (Å²) in [5.74, 6) is 0.353. The molecule has 1 amide bonds. The summed E-state index contributed by atoms with van der Waals surface area (Å²) in [6.45, 7) is 6.29. The minimum absolute atomic E-state index is 0.150. The molecule has 2 aromatic rings. The molecule has 1 aliphatic heterocycles. The number of nitrogens with zero attached hydrogens (tertiary/aromatic N) is 1. The van der Waals surface area contributed by atoms with Gasteiger partial charge in [0, 0.05) is 19.2 Å². The van der Waals surface area contributed by atoms with E-state index in [4.69, 9.17) is 11.6 Å². The highest BCUT2D eigenvalue weighted by molar-refractivity contribution is 6.34. The van der Waals surface area contributed by atoms with Crippen LogP contribution < -0.4 is 10.2 Å². The molecule has 0 aliphatic carbocycles. The molecular formula is C23H27ClN2O. The number of para-hydroxylation sites is 1. The number of benzene rings is 2. The molecule has 3 rings (SSSR count). The van der Waals surface area contributed by atoms with Gasteiger partial charge in [-0.15, -0.1) is 0 Å². The third kappa shape index (κ3) is 5.14. The van der Waals surface area contributed by atoms with Crippen LogP contribution in [0.1, 0.15) is 50.2 Å². The van der Waals surface area contributed by atoms with Crippen molar-refractivity contribution in [1.29, 1.82) is 0 Å². The van der Waals surface area contributed by atoms with Gasteiger partial charge in [-0.3, -0.25) is 4.79 Å². The van der Waals surface area contributed by atoms with Gasteiger partial charge < -0.3 is 10.2 Å².